The van der Waals surface area contributed by atoms with Gasteiger partial charge in [0.25, 0.3) is 0 Å². The number of nitrogens with one attached hydrogen (secondary N) is 1. The Balaban J connectivity index is 1.91. The second kappa shape index (κ2) is 6.18. The summed E-state index contributed by atoms with van der Waals surface area (Å²) in [5.74, 6) is 1.45. The lowest BCUT2D eigenvalue weighted by molar-refractivity contribution is 0.359. The fourth-order valence-electron chi connectivity index (χ4n) is 1.99. The Morgan fingerprint density at radius 1 is 1.20 bits per heavy atom. The van der Waals surface area contributed by atoms with Crippen LogP contribution in [0.3, 0.4) is 0 Å². The van der Waals surface area contributed by atoms with Gasteiger partial charge in [-0.15, -0.1) is 0 Å². The smallest absolute Gasteiger partial charge is 0.227 e. The SMILES string of the molecule is Cc1ccccc1Cc1noc(CCNC(C)(C)C)n1. The van der Waals surface area contributed by atoms with E-state index in [0.717, 1.165) is 25.2 Å². The molecule has 0 fully saturated rings. The van der Waals surface area contributed by atoms with E-state index >= 15 is 0 Å². The van der Waals surface area contributed by atoms with Crippen molar-refractivity contribution in [3.8, 4) is 0 Å². The summed E-state index contributed by atoms with van der Waals surface area (Å²) in [6, 6.07) is 8.28. The molecule has 4 heteroatoms. The number of aryl methyl sites for hydroxylation is 1. The summed E-state index contributed by atoms with van der Waals surface area (Å²) in [6.45, 7) is 9.37. The summed E-state index contributed by atoms with van der Waals surface area (Å²) in [6.07, 6.45) is 1.49. The van der Waals surface area contributed by atoms with Gasteiger partial charge in [-0.3, -0.25) is 0 Å². The molecular formula is C16H23N3O. The van der Waals surface area contributed by atoms with Gasteiger partial charge in [-0.25, -0.2) is 0 Å². The molecule has 4 nitrogen and oxygen atoms in total. The molecule has 2 aromatic rings. The summed E-state index contributed by atoms with van der Waals surface area (Å²) in [5.41, 5.74) is 2.62. The van der Waals surface area contributed by atoms with Gasteiger partial charge in [-0.05, 0) is 38.8 Å². The first-order chi connectivity index (χ1) is 9.44. The van der Waals surface area contributed by atoms with Crippen molar-refractivity contribution in [3.63, 3.8) is 0 Å². The number of benzene rings is 1. The minimum atomic E-state index is 0.115. The Morgan fingerprint density at radius 3 is 2.65 bits per heavy atom. The van der Waals surface area contributed by atoms with E-state index in [-0.39, 0.29) is 5.54 Å². The van der Waals surface area contributed by atoms with Gasteiger partial charge in [0, 0.05) is 24.9 Å². The number of rotatable bonds is 5. The van der Waals surface area contributed by atoms with Gasteiger partial charge in [0.2, 0.25) is 5.89 Å². The molecule has 0 saturated carbocycles. The number of hydrogen-bond acceptors (Lipinski definition) is 4. The van der Waals surface area contributed by atoms with Crippen molar-refractivity contribution in [2.24, 2.45) is 0 Å². The molecule has 0 radical (unpaired) electrons. The Bertz CT molecular complexity index is 555. The molecular weight excluding hydrogens is 250 g/mol. The molecule has 0 bridgehead atoms. The normalized spacial score (nSPS) is 11.8. The molecule has 0 atom stereocenters. The number of aromatic nitrogens is 2. The van der Waals surface area contributed by atoms with Gasteiger partial charge in [0.1, 0.15) is 0 Å². The van der Waals surface area contributed by atoms with Crippen LogP contribution in [0, 0.1) is 6.92 Å². The van der Waals surface area contributed by atoms with E-state index in [9.17, 15) is 0 Å². The highest BCUT2D eigenvalue weighted by Crippen LogP contribution is 2.11. The van der Waals surface area contributed by atoms with E-state index in [4.69, 9.17) is 4.52 Å². The largest absolute Gasteiger partial charge is 0.339 e. The van der Waals surface area contributed by atoms with Crippen molar-refractivity contribution in [2.45, 2.75) is 46.1 Å². The van der Waals surface area contributed by atoms with Crippen LogP contribution in [0.1, 0.15) is 43.6 Å². The second-order valence-corrected chi connectivity index (χ2v) is 6.13. The summed E-state index contributed by atoms with van der Waals surface area (Å²) >= 11 is 0. The first-order valence-corrected chi connectivity index (χ1v) is 7.05. The van der Waals surface area contributed by atoms with Crippen LogP contribution >= 0.6 is 0 Å². The molecule has 0 aliphatic heterocycles. The van der Waals surface area contributed by atoms with Crippen LogP contribution in [-0.4, -0.2) is 22.2 Å². The molecule has 2 rings (SSSR count). The standard InChI is InChI=1S/C16H23N3O/c1-12-7-5-6-8-13(12)11-14-18-15(20-19-14)9-10-17-16(2,3)4/h5-8,17H,9-11H2,1-4H3. The third kappa shape index (κ3) is 4.46. The van der Waals surface area contributed by atoms with Crippen LogP contribution < -0.4 is 5.32 Å². The molecule has 1 aromatic heterocycles. The van der Waals surface area contributed by atoms with Crippen LogP contribution in [0.2, 0.25) is 0 Å². The van der Waals surface area contributed by atoms with Crippen molar-refractivity contribution in [1.29, 1.82) is 0 Å². The molecule has 0 unspecified atom stereocenters. The first-order valence-electron chi connectivity index (χ1n) is 7.05. The van der Waals surface area contributed by atoms with Gasteiger partial charge in [-0.1, -0.05) is 29.4 Å². The minimum absolute atomic E-state index is 0.115. The van der Waals surface area contributed by atoms with E-state index in [1.54, 1.807) is 0 Å². The lowest BCUT2D eigenvalue weighted by atomic mass is 10.1. The Labute approximate surface area is 120 Å². The zero-order valence-electron chi connectivity index (χ0n) is 12.7. The van der Waals surface area contributed by atoms with E-state index < -0.39 is 0 Å². The average Bonchev–Trinajstić information content (AvgIpc) is 2.78. The van der Waals surface area contributed by atoms with Crippen molar-refractivity contribution >= 4 is 0 Å². The van der Waals surface area contributed by atoms with Gasteiger partial charge >= 0.3 is 0 Å². The molecule has 0 amide bonds. The van der Waals surface area contributed by atoms with Crippen LogP contribution in [-0.2, 0) is 12.8 Å². The van der Waals surface area contributed by atoms with Crippen molar-refractivity contribution in [1.82, 2.24) is 15.5 Å². The lowest BCUT2D eigenvalue weighted by Gasteiger charge is -2.19. The third-order valence-corrected chi connectivity index (χ3v) is 3.11. The Morgan fingerprint density at radius 2 is 1.95 bits per heavy atom. The van der Waals surface area contributed by atoms with Crippen LogP contribution in [0.5, 0.6) is 0 Å². The highest BCUT2D eigenvalue weighted by molar-refractivity contribution is 5.27. The van der Waals surface area contributed by atoms with Crippen LogP contribution in [0.4, 0.5) is 0 Å². The summed E-state index contributed by atoms with van der Waals surface area (Å²) in [7, 11) is 0. The van der Waals surface area contributed by atoms with Gasteiger partial charge in [-0.2, -0.15) is 4.98 Å². The predicted octanol–water partition coefficient (Wildman–Crippen LogP) is 2.90. The van der Waals surface area contributed by atoms with Crippen molar-refractivity contribution < 1.29 is 4.52 Å². The predicted molar refractivity (Wildman–Crippen MR) is 79.7 cm³/mol. The second-order valence-electron chi connectivity index (χ2n) is 6.13. The lowest BCUT2D eigenvalue weighted by Crippen LogP contribution is -2.37. The zero-order valence-corrected chi connectivity index (χ0v) is 12.7. The minimum Gasteiger partial charge on any atom is -0.339 e. The fraction of sp³-hybridized carbons (Fsp3) is 0.500. The summed E-state index contributed by atoms with van der Waals surface area (Å²) in [4.78, 5) is 4.45. The van der Waals surface area contributed by atoms with Gasteiger partial charge in [0.15, 0.2) is 5.82 Å². The average molecular weight is 273 g/mol. The maximum atomic E-state index is 5.29. The van der Waals surface area contributed by atoms with Gasteiger partial charge in [0.05, 0.1) is 0 Å². The molecule has 20 heavy (non-hydrogen) atoms. The number of hydrogen-bond donors (Lipinski definition) is 1. The van der Waals surface area contributed by atoms with Crippen molar-refractivity contribution in [2.75, 3.05) is 6.54 Å². The first kappa shape index (κ1) is 14.7. The van der Waals surface area contributed by atoms with Gasteiger partial charge < -0.3 is 9.84 Å². The third-order valence-electron chi connectivity index (χ3n) is 3.11. The zero-order chi connectivity index (χ0) is 14.6. The van der Waals surface area contributed by atoms with E-state index in [1.807, 2.05) is 12.1 Å². The molecule has 0 saturated heterocycles. The quantitative estimate of drug-likeness (QED) is 0.910. The monoisotopic (exact) mass is 273 g/mol. The van der Waals surface area contributed by atoms with E-state index in [1.165, 1.54) is 11.1 Å². The molecule has 1 heterocycles. The molecule has 108 valence electrons. The maximum Gasteiger partial charge on any atom is 0.227 e. The molecule has 1 aromatic carbocycles. The summed E-state index contributed by atoms with van der Waals surface area (Å²) < 4.78 is 5.29. The molecule has 1 N–H and O–H groups in total. The summed E-state index contributed by atoms with van der Waals surface area (Å²) in [5, 5.41) is 7.46. The van der Waals surface area contributed by atoms with E-state index in [0.29, 0.717) is 5.89 Å². The topological polar surface area (TPSA) is 51.0 Å². The Kier molecular flexibility index (Phi) is 4.55. The van der Waals surface area contributed by atoms with Crippen molar-refractivity contribution in [3.05, 3.63) is 47.1 Å². The van der Waals surface area contributed by atoms with Crippen LogP contribution in [0.15, 0.2) is 28.8 Å². The number of nitrogens with zero attached hydrogens (tertiary/aromatic N) is 2. The molecule has 0 aliphatic rings. The maximum absolute atomic E-state index is 5.29. The highest BCUT2D eigenvalue weighted by atomic mass is 16.5. The fourth-order valence-corrected chi connectivity index (χ4v) is 1.99. The highest BCUT2D eigenvalue weighted by Gasteiger charge is 2.11. The molecule has 0 spiro atoms. The molecule has 0 aliphatic carbocycles. The Hall–Kier alpha value is -1.68. The van der Waals surface area contributed by atoms with Crippen LogP contribution in [0.25, 0.3) is 0 Å². The van der Waals surface area contributed by atoms with E-state index in [2.05, 4.69) is 55.3 Å².